The number of rotatable bonds is 2. The zero-order valence-electron chi connectivity index (χ0n) is 8.55. The fourth-order valence-electron chi connectivity index (χ4n) is 2.60. The molecule has 0 amide bonds. The van der Waals surface area contributed by atoms with Gasteiger partial charge in [0.1, 0.15) is 7.11 Å². The standard InChI is InChI=1S/C10H18N2O/c1-9(11-13-2)10-3-6-12(7-4-10)8-5-10/h3-8H2,1-2H3. The van der Waals surface area contributed by atoms with Crippen LogP contribution >= 0.6 is 0 Å². The van der Waals surface area contributed by atoms with E-state index in [1.54, 1.807) is 7.11 Å². The third kappa shape index (κ3) is 1.46. The Morgan fingerprint density at radius 1 is 1.23 bits per heavy atom. The molecule has 3 aliphatic heterocycles. The second-order valence-corrected chi connectivity index (χ2v) is 4.23. The van der Waals surface area contributed by atoms with Crippen molar-refractivity contribution in [2.75, 3.05) is 26.7 Å². The van der Waals surface area contributed by atoms with E-state index in [9.17, 15) is 0 Å². The third-order valence-corrected chi connectivity index (χ3v) is 3.72. The van der Waals surface area contributed by atoms with Crippen LogP contribution in [-0.4, -0.2) is 37.4 Å². The van der Waals surface area contributed by atoms with Crippen molar-refractivity contribution in [2.24, 2.45) is 10.6 Å². The van der Waals surface area contributed by atoms with Gasteiger partial charge in [-0.1, -0.05) is 5.16 Å². The zero-order valence-corrected chi connectivity index (χ0v) is 8.55. The summed E-state index contributed by atoms with van der Waals surface area (Å²) in [6, 6.07) is 0. The second kappa shape index (κ2) is 3.29. The predicted molar refractivity (Wildman–Crippen MR) is 52.8 cm³/mol. The normalized spacial score (nSPS) is 39.2. The fourth-order valence-corrected chi connectivity index (χ4v) is 2.60. The molecule has 3 nitrogen and oxygen atoms in total. The smallest absolute Gasteiger partial charge is 0.106 e. The topological polar surface area (TPSA) is 24.8 Å². The lowest BCUT2D eigenvalue weighted by atomic mass is 9.69. The van der Waals surface area contributed by atoms with Crippen LogP contribution in [0.5, 0.6) is 0 Å². The minimum Gasteiger partial charge on any atom is -0.399 e. The molecule has 0 atom stereocenters. The molecule has 0 aromatic carbocycles. The average molecular weight is 182 g/mol. The van der Waals surface area contributed by atoms with Gasteiger partial charge in [0.25, 0.3) is 0 Å². The highest BCUT2D eigenvalue weighted by atomic mass is 16.6. The summed E-state index contributed by atoms with van der Waals surface area (Å²) in [6.45, 7) is 5.86. The first kappa shape index (κ1) is 9.00. The van der Waals surface area contributed by atoms with E-state index < -0.39 is 0 Å². The average Bonchev–Trinajstić information content (AvgIpc) is 2.21. The van der Waals surface area contributed by atoms with Gasteiger partial charge in [-0.3, -0.25) is 0 Å². The van der Waals surface area contributed by atoms with Crippen LogP contribution in [-0.2, 0) is 4.84 Å². The molecule has 0 saturated carbocycles. The number of nitrogens with zero attached hydrogens (tertiary/aromatic N) is 2. The zero-order chi connectivity index (χ0) is 9.31. The summed E-state index contributed by atoms with van der Waals surface area (Å²) in [5.41, 5.74) is 1.58. The van der Waals surface area contributed by atoms with E-state index in [2.05, 4.69) is 17.0 Å². The van der Waals surface area contributed by atoms with E-state index in [0.717, 1.165) is 0 Å². The maximum absolute atomic E-state index is 4.88. The Kier molecular flexibility index (Phi) is 2.28. The van der Waals surface area contributed by atoms with E-state index in [1.165, 1.54) is 44.6 Å². The van der Waals surface area contributed by atoms with Crippen molar-refractivity contribution >= 4 is 5.71 Å². The van der Waals surface area contributed by atoms with Crippen molar-refractivity contribution in [1.82, 2.24) is 4.90 Å². The molecule has 3 saturated heterocycles. The first-order valence-electron chi connectivity index (χ1n) is 5.07. The van der Waals surface area contributed by atoms with Crippen molar-refractivity contribution in [3.05, 3.63) is 0 Å². The Bertz CT molecular complexity index is 203. The number of piperidine rings is 3. The Labute approximate surface area is 79.7 Å². The molecule has 2 bridgehead atoms. The molecule has 0 N–H and O–H groups in total. The van der Waals surface area contributed by atoms with Crippen molar-refractivity contribution in [3.63, 3.8) is 0 Å². The van der Waals surface area contributed by atoms with Gasteiger partial charge in [0.15, 0.2) is 0 Å². The van der Waals surface area contributed by atoms with Crippen LogP contribution in [0.25, 0.3) is 0 Å². The van der Waals surface area contributed by atoms with Gasteiger partial charge in [-0.15, -0.1) is 0 Å². The van der Waals surface area contributed by atoms with Crippen molar-refractivity contribution in [1.29, 1.82) is 0 Å². The van der Waals surface area contributed by atoms with Gasteiger partial charge in [0, 0.05) is 5.41 Å². The first-order chi connectivity index (χ1) is 6.27. The lowest BCUT2D eigenvalue weighted by Gasteiger charge is -2.48. The molecule has 74 valence electrons. The molecule has 3 aliphatic rings. The summed E-state index contributed by atoms with van der Waals surface area (Å²) < 4.78 is 0. The molecule has 13 heavy (non-hydrogen) atoms. The van der Waals surface area contributed by atoms with E-state index in [1.807, 2.05) is 0 Å². The van der Waals surface area contributed by atoms with Crippen LogP contribution in [0.1, 0.15) is 26.2 Å². The van der Waals surface area contributed by atoms with Crippen molar-refractivity contribution in [3.8, 4) is 0 Å². The lowest BCUT2D eigenvalue weighted by Crippen LogP contribution is -2.51. The number of oxime groups is 1. The molecule has 0 unspecified atom stereocenters. The Balaban J connectivity index is 2.14. The molecule has 3 heterocycles. The first-order valence-corrected chi connectivity index (χ1v) is 5.07. The number of hydrogen-bond acceptors (Lipinski definition) is 3. The van der Waals surface area contributed by atoms with Crippen LogP contribution in [0, 0.1) is 5.41 Å². The minimum atomic E-state index is 0.380. The lowest BCUT2D eigenvalue weighted by molar-refractivity contribution is 0.0703. The van der Waals surface area contributed by atoms with E-state index >= 15 is 0 Å². The summed E-state index contributed by atoms with van der Waals surface area (Å²) in [7, 11) is 1.64. The molecule has 0 radical (unpaired) electrons. The summed E-state index contributed by atoms with van der Waals surface area (Å²) >= 11 is 0. The van der Waals surface area contributed by atoms with Gasteiger partial charge in [-0.2, -0.15) is 0 Å². The molecule has 0 aliphatic carbocycles. The van der Waals surface area contributed by atoms with Gasteiger partial charge in [-0.25, -0.2) is 0 Å². The second-order valence-electron chi connectivity index (χ2n) is 4.23. The Hall–Kier alpha value is -0.570. The molecular formula is C10H18N2O. The third-order valence-electron chi connectivity index (χ3n) is 3.72. The maximum atomic E-state index is 4.88. The van der Waals surface area contributed by atoms with E-state index in [0.29, 0.717) is 5.41 Å². The summed E-state index contributed by atoms with van der Waals surface area (Å²) in [4.78, 5) is 7.42. The summed E-state index contributed by atoms with van der Waals surface area (Å²) in [6.07, 6.45) is 3.81. The summed E-state index contributed by atoms with van der Waals surface area (Å²) in [5, 5.41) is 4.11. The Morgan fingerprint density at radius 3 is 2.23 bits per heavy atom. The van der Waals surface area contributed by atoms with Crippen LogP contribution < -0.4 is 0 Å². The van der Waals surface area contributed by atoms with Gasteiger partial charge in [0.2, 0.25) is 0 Å². The van der Waals surface area contributed by atoms with Crippen LogP contribution in [0.15, 0.2) is 5.16 Å². The predicted octanol–water partition coefficient (Wildman–Crippen LogP) is 1.49. The highest BCUT2D eigenvalue weighted by Crippen LogP contribution is 2.41. The highest BCUT2D eigenvalue weighted by molar-refractivity contribution is 5.87. The quantitative estimate of drug-likeness (QED) is 0.477. The SMILES string of the molecule is CON=C(C)C12CCN(CC1)CC2. The summed E-state index contributed by atoms with van der Waals surface area (Å²) in [5.74, 6) is 0. The van der Waals surface area contributed by atoms with Gasteiger partial charge >= 0.3 is 0 Å². The van der Waals surface area contributed by atoms with E-state index in [-0.39, 0.29) is 0 Å². The molecule has 3 heteroatoms. The molecule has 0 aromatic rings. The highest BCUT2D eigenvalue weighted by Gasteiger charge is 2.41. The fraction of sp³-hybridized carbons (Fsp3) is 0.900. The van der Waals surface area contributed by atoms with Crippen molar-refractivity contribution in [2.45, 2.75) is 26.2 Å². The van der Waals surface area contributed by atoms with Crippen LogP contribution in [0.2, 0.25) is 0 Å². The van der Waals surface area contributed by atoms with Crippen LogP contribution in [0.3, 0.4) is 0 Å². The monoisotopic (exact) mass is 182 g/mol. The molecule has 3 fully saturated rings. The van der Waals surface area contributed by atoms with Gasteiger partial charge < -0.3 is 9.74 Å². The van der Waals surface area contributed by atoms with Gasteiger partial charge in [0.05, 0.1) is 5.71 Å². The molecule has 0 aromatic heterocycles. The minimum absolute atomic E-state index is 0.380. The maximum Gasteiger partial charge on any atom is 0.106 e. The van der Waals surface area contributed by atoms with Crippen LogP contribution in [0.4, 0.5) is 0 Å². The van der Waals surface area contributed by atoms with E-state index in [4.69, 9.17) is 4.84 Å². The molecule has 3 rings (SSSR count). The molecular weight excluding hydrogens is 164 g/mol. The van der Waals surface area contributed by atoms with Gasteiger partial charge in [-0.05, 0) is 45.8 Å². The molecule has 0 spiro atoms. The Morgan fingerprint density at radius 2 is 1.77 bits per heavy atom. The van der Waals surface area contributed by atoms with Crippen molar-refractivity contribution < 1.29 is 4.84 Å². The largest absolute Gasteiger partial charge is 0.399 e. The number of hydrogen-bond donors (Lipinski definition) is 0. The number of fused-ring (bicyclic) bond motifs is 3.